The van der Waals surface area contributed by atoms with Gasteiger partial charge in [-0.25, -0.2) is 13.2 Å². The third-order valence-electron chi connectivity index (χ3n) is 6.27. The lowest BCUT2D eigenvalue weighted by molar-refractivity contribution is 0.00877. The first-order chi connectivity index (χ1) is 11.9. The maximum atomic E-state index is 14.8. The van der Waals surface area contributed by atoms with Crippen LogP contribution in [0, 0.1) is 29.4 Å². The summed E-state index contributed by atoms with van der Waals surface area (Å²) in [6.07, 6.45) is 1.48. The molecular weight excluding hydrogens is 332 g/mol. The molecule has 3 rings (SSSR count). The second-order valence-electron chi connectivity index (χ2n) is 7.74. The van der Waals surface area contributed by atoms with Gasteiger partial charge >= 0.3 is 0 Å². The standard InChI is InChI=1S/C20H26F4O/c1-11-3-5-12(6-4-11)13-7-8-14(18(22)17(13)21)15-9-10-16(25-2)20(24)19(15)23/h9-14,17-18H,3-8H2,1-2H3. The van der Waals surface area contributed by atoms with E-state index < -0.39 is 29.9 Å². The van der Waals surface area contributed by atoms with Crippen LogP contribution in [-0.2, 0) is 0 Å². The minimum atomic E-state index is -1.79. The molecule has 0 aromatic heterocycles. The van der Waals surface area contributed by atoms with E-state index in [-0.39, 0.29) is 23.1 Å². The average molecular weight is 358 g/mol. The third kappa shape index (κ3) is 3.52. The van der Waals surface area contributed by atoms with Gasteiger partial charge in [0, 0.05) is 5.92 Å². The Morgan fingerprint density at radius 2 is 1.56 bits per heavy atom. The van der Waals surface area contributed by atoms with Gasteiger partial charge in [0.25, 0.3) is 0 Å². The smallest absolute Gasteiger partial charge is 0.200 e. The Morgan fingerprint density at radius 3 is 2.20 bits per heavy atom. The Kier molecular flexibility index (Phi) is 5.59. The first-order valence-electron chi connectivity index (χ1n) is 9.24. The van der Waals surface area contributed by atoms with Crippen molar-refractivity contribution in [3.63, 3.8) is 0 Å². The molecule has 0 spiro atoms. The van der Waals surface area contributed by atoms with Crippen LogP contribution >= 0.6 is 0 Å². The van der Waals surface area contributed by atoms with Crippen LogP contribution in [0.5, 0.6) is 5.75 Å². The fourth-order valence-corrected chi connectivity index (χ4v) is 4.68. The fourth-order valence-electron chi connectivity index (χ4n) is 4.68. The maximum Gasteiger partial charge on any atom is 0.200 e. The number of hydrogen-bond acceptors (Lipinski definition) is 1. The highest BCUT2D eigenvalue weighted by molar-refractivity contribution is 5.34. The molecule has 1 aromatic carbocycles. The van der Waals surface area contributed by atoms with Crippen molar-refractivity contribution in [1.29, 1.82) is 0 Å². The van der Waals surface area contributed by atoms with Gasteiger partial charge in [-0.3, -0.25) is 0 Å². The fraction of sp³-hybridized carbons (Fsp3) is 0.700. The first kappa shape index (κ1) is 18.5. The van der Waals surface area contributed by atoms with E-state index in [0.29, 0.717) is 18.8 Å². The molecule has 2 aliphatic rings. The van der Waals surface area contributed by atoms with Crippen LogP contribution in [0.15, 0.2) is 12.1 Å². The number of hydrogen-bond donors (Lipinski definition) is 0. The van der Waals surface area contributed by atoms with Gasteiger partial charge in [0.05, 0.1) is 7.11 Å². The van der Waals surface area contributed by atoms with Crippen molar-refractivity contribution in [2.24, 2.45) is 17.8 Å². The summed E-state index contributed by atoms with van der Waals surface area (Å²) in [4.78, 5) is 0. The molecule has 0 heterocycles. The molecule has 140 valence electrons. The molecule has 25 heavy (non-hydrogen) atoms. The molecule has 0 radical (unpaired) electrons. The summed E-state index contributed by atoms with van der Waals surface area (Å²) in [5, 5.41) is 0. The molecule has 1 nitrogen and oxygen atoms in total. The summed E-state index contributed by atoms with van der Waals surface area (Å²) in [7, 11) is 1.24. The molecule has 4 unspecified atom stereocenters. The zero-order valence-electron chi connectivity index (χ0n) is 14.8. The molecule has 2 fully saturated rings. The monoisotopic (exact) mass is 358 g/mol. The molecule has 4 atom stereocenters. The predicted molar refractivity (Wildman–Crippen MR) is 89.3 cm³/mol. The van der Waals surface area contributed by atoms with E-state index >= 15 is 0 Å². The Balaban J connectivity index is 1.76. The van der Waals surface area contributed by atoms with Crippen LogP contribution in [0.1, 0.15) is 56.9 Å². The lowest BCUT2D eigenvalue weighted by Crippen LogP contribution is -2.41. The molecule has 0 bridgehead atoms. The van der Waals surface area contributed by atoms with Gasteiger partial charge in [-0.15, -0.1) is 0 Å². The molecule has 2 aliphatic carbocycles. The van der Waals surface area contributed by atoms with Crippen molar-refractivity contribution in [2.45, 2.75) is 63.7 Å². The van der Waals surface area contributed by atoms with Crippen molar-refractivity contribution in [2.75, 3.05) is 7.11 Å². The number of halogens is 4. The zero-order valence-corrected chi connectivity index (χ0v) is 14.8. The molecular formula is C20H26F4O. The summed E-state index contributed by atoms with van der Waals surface area (Å²) in [6, 6.07) is 2.60. The van der Waals surface area contributed by atoms with Gasteiger partial charge < -0.3 is 4.74 Å². The topological polar surface area (TPSA) is 9.23 Å². The zero-order chi connectivity index (χ0) is 18.1. The maximum absolute atomic E-state index is 14.8. The minimum absolute atomic E-state index is 0.0795. The van der Waals surface area contributed by atoms with Gasteiger partial charge in [0.2, 0.25) is 5.82 Å². The van der Waals surface area contributed by atoms with Crippen LogP contribution in [0.25, 0.3) is 0 Å². The number of alkyl halides is 2. The Labute approximate surface area is 146 Å². The Morgan fingerprint density at radius 1 is 0.880 bits per heavy atom. The molecule has 0 aliphatic heterocycles. The molecule has 2 saturated carbocycles. The normalized spacial score (nSPS) is 36.2. The van der Waals surface area contributed by atoms with E-state index in [1.165, 1.54) is 19.2 Å². The van der Waals surface area contributed by atoms with Crippen molar-refractivity contribution in [3.8, 4) is 5.75 Å². The van der Waals surface area contributed by atoms with E-state index in [4.69, 9.17) is 4.74 Å². The van der Waals surface area contributed by atoms with Crippen LogP contribution < -0.4 is 4.74 Å². The molecule has 0 saturated heterocycles. The van der Waals surface area contributed by atoms with Gasteiger partial charge in [-0.05, 0) is 55.1 Å². The largest absolute Gasteiger partial charge is 0.494 e. The number of benzene rings is 1. The Bertz CT molecular complexity index is 598. The number of methoxy groups -OCH3 is 1. The number of rotatable bonds is 3. The lowest BCUT2D eigenvalue weighted by atomic mass is 9.67. The molecule has 5 heteroatoms. The molecule has 0 N–H and O–H groups in total. The van der Waals surface area contributed by atoms with Crippen LogP contribution in [0.4, 0.5) is 17.6 Å². The van der Waals surface area contributed by atoms with Crippen molar-refractivity contribution >= 4 is 0 Å². The van der Waals surface area contributed by atoms with Crippen molar-refractivity contribution in [1.82, 2.24) is 0 Å². The Hall–Kier alpha value is -1.26. The van der Waals surface area contributed by atoms with Crippen molar-refractivity contribution in [3.05, 3.63) is 29.3 Å². The van der Waals surface area contributed by atoms with Gasteiger partial charge in [-0.1, -0.05) is 25.8 Å². The van der Waals surface area contributed by atoms with E-state index in [9.17, 15) is 17.6 Å². The molecule has 0 amide bonds. The summed E-state index contributed by atoms with van der Waals surface area (Å²) in [5.74, 6) is -2.85. The lowest BCUT2D eigenvalue weighted by Gasteiger charge is -2.41. The van der Waals surface area contributed by atoms with Gasteiger partial charge in [-0.2, -0.15) is 4.39 Å². The van der Waals surface area contributed by atoms with Crippen LogP contribution in [0.3, 0.4) is 0 Å². The summed E-state index contributed by atoms with van der Waals surface area (Å²) >= 11 is 0. The minimum Gasteiger partial charge on any atom is -0.494 e. The van der Waals surface area contributed by atoms with E-state index in [1.807, 2.05) is 0 Å². The van der Waals surface area contributed by atoms with E-state index in [0.717, 1.165) is 25.7 Å². The first-order valence-corrected chi connectivity index (χ1v) is 9.24. The van der Waals surface area contributed by atoms with Crippen LogP contribution in [-0.4, -0.2) is 19.5 Å². The van der Waals surface area contributed by atoms with E-state index in [2.05, 4.69) is 6.92 Å². The van der Waals surface area contributed by atoms with Gasteiger partial charge in [0.15, 0.2) is 11.6 Å². The van der Waals surface area contributed by atoms with E-state index in [1.54, 1.807) is 0 Å². The molecule has 1 aromatic rings. The third-order valence-corrected chi connectivity index (χ3v) is 6.27. The van der Waals surface area contributed by atoms with Gasteiger partial charge in [0.1, 0.15) is 12.3 Å². The second kappa shape index (κ2) is 7.55. The summed E-state index contributed by atoms with van der Waals surface area (Å²) in [5.41, 5.74) is -0.0795. The SMILES string of the molecule is COc1ccc(C2CCC(C3CCC(C)CC3)C(F)C2F)c(F)c1F. The highest BCUT2D eigenvalue weighted by Crippen LogP contribution is 2.47. The number of ether oxygens (including phenoxy) is 1. The quantitative estimate of drug-likeness (QED) is 0.605. The summed E-state index contributed by atoms with van der Waals surface area (Å²) < 4.78 is 62.6. The highest BCUT2D eigenvalue weighted by atomic mass is 19.2. The average Bonchev–Trinajstić information content (AvgIpc) is 2.61. The van der Waals surface area contributed by atoms with Crippen molar-refractivity contribution < 1.29 is 22.3 Å². The summed E-state index contributed by atoms with van der Waals surface area (Å²) in [6.45, 7) is 2.19. The second-order valence-corrected chi connectivity index (χ2v) is 7.74. The van der Waals surface area contributed by atoms with Crippen LogP contribution in [0.2, 0.25) is 0 Å². The predicted octanol–water partition coefficient (Wildman–Crippen LogP) is 5.97. The highest BCUT2D eigenvalue weighted by Gasteiger charge is 2.45.